The molecule has 0 radical (unpaired) electrons. The highest BCUT2D eigenvalue weighted by Gasteiger charge is 2.08. The number of benzene rings is 1. The molecule has 0 aliphatic rings. The first-order valence-corrected chi connectivity index (χ1v) is 5.69. The Bertz CT molecular complexity index is 407. The van der Waals surface area contributed by atoms with Gasteiger partial charge in [0.15, 0.2) is 9.84 Å². The van der Waals surface area contributed by atoms with E-state index in [-0.39, 0.29) is 0 Å². The zero-order valence-electron chi connectivity index (χ0n) is 7.87. The smallest absolute Gasteiger partial charge is 0.175 e. The SMILES string of the molecule is COc1ccc(S(C)(=O)=O)cc1C. The third-order valence-corrected chi connectivity index (χ3v) is 2.90. The molecule has 0 atom stereocenters. The monoisotopic (exact) mass is 200 g/mol. The number of hydrogen-bond acceptors (Lipinski definition) is 3. The molecule has 0 heterocycles. The van der Waals surface area contributed by atoms with Crippen molar-refractivity contribution in [1.82, 2.24) is 0 Å². The molecular formula is C9H12O3S. The highest BCUT2D eigenvalue weighted by molar-refractivity contribution is 7.90. The van der Waals surface area contributed by atoms with Crippen molar-refractivity contribution < 1.29 is 13.2 Å². The van der Waals surface area contributed by atoms with E-state index in [9.17, 15) is 8.42 Å². The second-order valence-corrected chi connectivity index (χ2v) is 4.92. The summed E-state index contributed by atoms with van der Waals surface area (Å²) < 4.78 is 27.3. The highest BCUT2D eigenvalue weighted by Crippen LogP contribution is 2.20. The Morgan fingerprint density at radius 3 is 2.31 bits per heavy atom. The van der Waals surface area contributed by atoms with E-state index >= 15 is 0 Å². The molecule has 1 aromatic rings. The fourth-order valence-corrected chi connectivity index (χ4v) is 1.79. The Balaban J connectivity index is 3.26. The molecule has 0 saturated carbocycles. The van der Waals surface area contributed by atoms with Gasteiger partial charge in [-0.1, -0.05) is 0 Å². The topological polar surface area (TPSA) is 43.4 Å². The molecular weight excluding hydrogens is 188 g/mol. The van der Waals surface area contributed by atoms with Gasteiger partial charge < -0.3 is 4.74 Å². The minimum absolute atomic E-state index is 0.325. The lowest BCUT2D eigenvalue weighted by atomic mass is 10.2. The Labute approximate surface area is 78.3 Å². The van der Waals surface area contributed by atoms with Crippen LogP contribution in [0.5, 0.6) is 5.75 Å². The molecule has 1 aromatic carbocycles. The largest absolute Gasteiger partial charge is 0.496 e. The second-order valence-electron chi connectivity index (χ2n) is 2.90. The lowest BCUT2D eigenvalue weighted by molar-refractivity contribution is 0.411. The van der Waals surface area contributed by atoms with E-state index in [1.54, 1.807) is 25.3 Å². The standard InChI is InChI=1S/C9H12O3S/c1-7-6-8(13(3,10)11)4-5-9(7)12-2/h4-6H,1-3H3. The summed E-state index contributed by atoms with van der Waals surface area (Å²) in [6.07, 6.45) is 1.19. The maximum Gasteiger partial charge on any atom is 0.175 e. The molecule has 0 amide bonds. The van der Waals surface area contributed by atoms with Crippen LogP contribution in [0.2, 0.25) is 0 Å². The first-order chi connectivity index (χ1) is 5.95. The van der Waals surface area contributed by atoms with Gasteiger partial charge >= 0.3 is 0 Å². The average Bonchev–Trinajstić information content (AvgIpc) is 2.02. The van der Waals surface area contributed by atoms with E-state index in [2.05, 4.69) is 0 Å². The first-order valence-electron chi connectivity index (χ1n) is 3.80. The molecule has 4 heteroatoms. The van der Waals surface area contributed by atoms with Crippen molar-refractivity contribution in [3.8, 4) is 5.75 Å². The van der Waals surface area contributed by atoms with Crippen molar-refractivity contribution in [2.45, 2.75) is 11.8 Å². The normalized spacial score (nSPS) is 11.3. The van der Waals surface area contributed by atoms with Gasteiger partial charge in [0.1, 0.15) is 5.75 Å². The van der Waals surface area contributed by atoms with E-state index in [1.165, 1.54) is 6.26 Å². The van der Waals surface area contributed by atoms with Crippen LogP contribution in [0.3, 0.4) is 0 Å². The fourth-order valence-electron chi connectivity index (χ4n) is 1.08. The zero-order chi connectivity index (χ0) is 10.1. The van der Waals surface area contributed by atoms with Crippen LogP contribution in [-0.4, -0.2) is 21.8 Å². The number of methoxy groups -OCH3 is 1. The minimum Gasteiger partial charge on any atom is -0.496 e. The fraction of sp³-hybridized carbons (Fsp3) is 0.333. The van der Waals surface area contributed by atoms with E-state index in [0.29, 0.717) is 10.6 Å². The Morgan fingerprint density at radius 2 is 1.92 bits per heavy atom. The molecule has 0 saturated heterocycles. The summed E-state index contributed by atoms with van der Waals surface area (Å²) in [5, 5.41) is 0. The zero-order valence-corrected chi connectivity index (χ0v) is 8.68. The molecule has 0 unspecified atom stereocenters. The van der Waals surface area contributed by atoms with Gasteiger partial charge in [0.2, 0.25) is 0 Å². The van der Waals surface area contributed by atoms with Crippen molar-refractivity contribution in [3.05, 3.63) is 23.8 Å². The van der Waals surface area contributed by atoms with Crippen molar-refractivity contribution in [3.63, 3.8) is 0 Å². The Hall–Kier alpha value is -1.03. The molecule has 0 spiro atoms. The van der Waals surface area contributed by atoms with Gasteiger partial charge in [-0.2, -0.15) is 0 Å². The summed E-state index contributed by atoms with van der Waals surface area (Å²) in [5.41, 5.74) is 0.824. The molecule has 0 aromatic heterocycles. The summed E-state index contributed by atoms with van der Waals surface area (Å²) in [5.74, 6) is 0.701. The van der Waals surface area contributed by atoms with Crippen LogP contribution < -0.4 is 4.74 Å². The van der Waals surface area contributed by atoms with Crippen LogP contribution in [0, 0.1) is 6.92 Å². The van der Waals surface area contributed by atoms with Crippen LogP contribution in [0.1, 0.15) is 5.56 Å². The molecule has 0 N–H and O–H groups in total. The summed E-state index contributed by atoms with van der Waals surface area (Å²) in [7, 11) is -1.55. The van der Waals surface area contributed by atoms with Gasteiger partial charge in [0.25, 0.3) is 0 Å². The van der Waals surface area contributed by atoms with Crippen LogP contribution in [0.4, 0.5) is 0 Å². The first kappa shape index (κ1) is 10.1. The van der Waals surface area contributed by atoms with Crippen molar-refractivity contribution >= 4 is 9.84 Å². The van der Waals surface area contributed by atoms with E-state index in [0.717, 1.165) is 5.56 Å². The summed E-state index contributed by atoms with van der Waals surface area (Å²) in [4.78, 5) is 0.325. The molecule has 0 bridgehead atoms. The van der Waals surface area contributed by atoms with Gasteiger partial charge in [-0.25, -0.2) is 8.42 Å². The number of ether oxygens (including phenoxy) is 1. The minimum atomic E-state index is -3.11. The molecule has 0 fully saturated rings. The van der Waals surface area contributed by atoms with Crippen LogP contribution in [0.15, 0.2) is 23.1 Å². The third-order valence-electron chi connectivity index (χ3n) is 1.79. The molecule has 0 aliphatic carbocycles. The van der Waals surface area contributed by atoms with Gasteiger partial charge in [-0.05, 0) is 30.7 Å². The van der Waals surface area contributed by atoms with E-state index < -0.39 is 9.84 Å². The third kappa shape index (κ3) is 2.21. The van der Waals surface area contributed by atoms with Crippen LogP contribution in [0.25, 0.3) is 0 Å². The maximum atomic E-state index is 11.1. The molecule has 72 valence electrons. The number of rotatable bonds is 2. The van der Waals surface area contributed by atoms with Gasteiger partial charge in [-0.15, -0.1) is 0 Å². The molecule has 1 rings (SSSR count). The Kier molecular flexibility index (Phi) is 2.61. The predicted molar refractivity (Wildman–Crippen MR) is 50.8 cm³/mol. The van der Waals surface area contributed by atoms with Gasteiger partial charge in [0.05, 0.1) is 12.0 Å². The highest BCUT2D eigenvalue weighted by atomic mass is 32.2. The summed E-state index contributed by atoms with van der Waals surface area (Å²) >= 11 is 0. The lowest BCUT2D eigenvalue weighted by Crippen LogP contribution is -1.98. The summed E-state index contributed by atoms with van der Waals surface area (Å²) in [6.45, 7) is 1.81. The van der Waals surface area contributed by atoms with Gasteiger partial charge in [0, 0.05) is 6.26 Å². The number of sulfone groups is 1. The predicted octanol–water partition coefficient (Wildman–Crippen LogP) is 1.41. The summed E-state index contributed by atoms with van der Waals surface area (Å²) in [6, 6.07) is 4.81. The van der Waals surface area contributed by atoms with Gasteiger partial charge in [-0.3, -0.25) is 0 Å². The van der Waals surface area contributed by atoms with E-state index in [4.69, 9.17) is 4.74 Å². The Morgan fingerprint density at radius 1 is 1.31 bits per heavy atom. The molecule has 13 heavy (non-hydrogen) atoms. The molecule has 3 nitrogen and oxygen atoms in total. The van der Waals surface area contributed by atoms with Crippen LogP contribution >= 0.6 is 0 Å². The van der Waals surface area contributed by atoms with Crippen molar-refractivity contribution in [1.29, 1.82) is 0 Å². The van der Waals surface area contributed by atoms with Crippen LogP contribution in [-0.2, 0) is 9.84 Å². The number of hydrogen-bond donors (Lipinski definition) is 0. The average molecular weight is 200 g/mol. The van der Waals surface area contributed by atoms with Crippen molar-refractivity contribution in [2.75, 3.05) is 13.4 Å². The number of aryl methyl sites for hydroxylation is 1. The maximum absolute atomic E-state index is 11.1. The van der Waals surface area contributed by atoms with Crippen molar-refractivity contribution in [2.24, 2.45) is 0 Å². The lowest BCUT2D eigenvalue weighted by Gasteiger charge is -2.05. The second kappa shape index (κ2) is 3.38. The molecule has 0 aliphatic heterocycles. The quantitative estimate of drug-likeness (QED) is 0.725. The van der Waals surface area contributed by atoms with E-state index in [1.807, 2.05) is 6.92 Å².